The second-order valence-corrected chi connectivity index (χ2v) is 10.8. The van der Waals surface area contributed by atoms with Crippen LogP contribution in [-0.4, -0.2) is 36.5 Å². The third-order valence-electron chi connectivity index (χ3n) is 5.59. The van der Waals surface area contributed by atoms with Crippen LogP contribution in [0.2, 0.25) is 0 Å². The van der Waals surface area contributed by atoms with Crippen molar-refractivity contribution in [1.29, 1.82) is 0 Å². The van der Waals surface area contributed by atoms with Gasteiger partial charge in [-0.2, -0.15) is 0 Å². The van der Waals surface area contributed by atoms with E-state index in [2.05, 4.69) is 20.9 Å². The predicted molar refractivity (Wildman–Crippen MR) is 148 cm³/mol. The first-order valence-electron chi connectivity index (χ1n) is 10.8. The molecule has 0 aliphatic carbocycles. The fourth-order valence-corrected chi connectivity index (χ4v) is 6.56. The van der Waals surface area contributed by atoms with E-state index >= 15 is 0 Å². The van der Waals surface area contributed by atoms with Gasteiger partial charge in [0, 0.05) is 15.6 Å². The number of phenolic OH excluding ortho intramolecular Hbond substituents is 1. The van der Waals surface area contributed by atoms with E-state index in [4.69, 9.17) is 14.2 Å². The molecule has 1 aliphatic rings. The molecule has 188 valence electrons. The minimum atomic E-state index is -0.858. The number of carbonyl (C=O) groups excluding carboxylic acids is 1. The minimum absolute atomic E-state index is 0.0686. The summed E-state index contributed by atoms with van der Waals surface area (Å²) in [5.41, 5.74) is 1.35. The lowest BCUT2D eigenvalue weighted by Crippen LogP contribution is -2.40. The number of thiazole rings is 1. The third kappa shape index (κ3) is 4.83. The number of aromatic hydroxyl groups is 1. The third-order valence-corrected chi connectivity index (χ3v) is 7.86. The molecule has 1 N–H and O–H groups in total. The van der Waals surface area contributed by atoms with Crippen molar-refractivity contribution < 1.29 is 24.1 Å². The van der Waals surface area contributed by atoms with E-state index in [-0.39, 0.29) is 23.5 Å². The molecule has 2 heterocycles. The second-order valence-electron chi connectivity index (χ2n) is 7.74. The Kier molecular flexibility index (Phi) is 7.90. The van der Waals surface area contributed by atoms with E-state index in [0.29, 0.717) is 41.2 Å². The van der Waals surface area contributed by atoms with Crippen LogP contribution in [0.25, 0.3) is 6.08 Å². The van der Waals surface area contributed by atoms with Crippen molar-refractivity contribution in [3.05, 3.63) is 80.5 Å². The van der Waals surface area contributed by atoms with Crippen LogP contribution in [0.5, 0.6) is 17.2 Å². The van der Waals surface area contributed by atoms with Crippen molar-refractivity contribution >= 4 is 61.9 Å². The van der Waals surface area contributed by atoms with Crippen LogP contribution < -0.4 is 24.4 Å². The van der Waals surface area contributed by atoms with Gasteiger partial charge in [-0.05, 0) is 72.8 Å². The monoisotopic (exact) mass is 684 g/mol. The normalized spacial score (nSPS) is 15.4. The molecule has 36 heavy (non-hydrogen) atoms. The summed E-state index contributed by atoms with van der Waals surface area (Å²) in [4.78, 5) is 31.9. The van der Waals surface area contributed by atoms with Gasteiger partial charge in [0.15, 0.2) is 4.80 Å². The number of benzene rings is 2. The van der Waals surface area contributed by atoms with Crippen LogP contribution in [0.4, 0.5) is 0 Å². The van der Waals surface area contributed by atoms with Gasteiger partial charge >= 0.3 is 5.97 Å². The number of aromatic nitrogens is 1. The number of carbonyl (C=O) groups is 1. The summed E-state index contributed by atoms with van der Waals surface area (Å²) in [5.74, 6) is 0.520. The predicted octanol–water partition coefficient (Wildman–Crippen LogP) is 3.89. The summed E-state index contributed by atoms with van der Waals surface area (Å²) in [6.45, 7) is 3.60. The van der Waals surface area contributed by atoms with Gasteiger partial charge in [0.1, 0.15) is 23.3 Å². The van der Waals surface area contributed by atoms with Crippen LogP contribution in [0.15, 0.2) is 55.9 Å². The molecule has 1 aliphatic heterocycles. The van der Waals surface area contributed by atoms with Crippen LogP contribution in [0.1, 0.15) is 31.0 Å². The standard InChI is InChI=1S/C25H22BrIN2O6S/c1-5-35-24(32)20-12(2)28-25-29(21(20)16-11-15(33-3)6-7-18(16)34-4)23(31)19(36-25)9-13-8-14(26)10-17(27)22(13)30/h6-11,21,30H,5H2,1-4H3/b19-9+/t21-/m0/s1. The molecule has 2 aromatic carbocycles. The van der Waals surface area contributed by atoms with Gasteiger partial charge < -0.3 is 19.3 Å². The van der Waals surface area contributed by atoms with Gasteiger partial charge in [0.2, 0.25) is 0 Å². The molecule has 0 unspecified atom stereocenters. The zero-order chi connectivity index (χ0) is 26.1. The summed E-state index contributed by atoms with van der Waals surface area (Å²) in [6.07, 6.45) is 1.62. The van der Waals surface area contributed by atoms with E-state index in [1.54, 1.807) is 50.3 Å². The van der Waals surface area contributed by atoms with Crippen molar-refractivity contribution in [3.8, 4) is 17.2 Å². The van der Waals surface area contributed by atoms with Gasteiger partial charge in [-0.1, -0.05) is 27.3 Å². The molecule has 1 aromatic heterocycles. The number of phenols is 1. The van der Waals surface area contributed by atoms with E-state index < -0.39 is 12.0 Å². The van der Waals surface area contributed by atoms with Crippen molar-refractivity contribution in [2.75, 3.05) is 20.8 Å². The summed E-state index contributed by atoms with van der Waals surface area (Å²) in [5, 5.41) is 10.6. The lowest BCUT2D eigenvalue weighted by atomic mass is 9.94. The Balaban J connectivity index is 2.04. The van der Waals surface area contributed by atoms with Gasteiger partial charge in [0.05, 0.1) is 40.2 Å². The van der Waals surface area contributed by atoms with E-state index in [9.17, 15) is 14.7 Å². The maximum Gasteiger partial charge on any atom is 0.338 e. The number of rotatable bonds is 6. The van der Waals surface area contributed by atoms with Gasteiger partial charge in [-0.25, -0.2) is 9.79 Å². The van der Waals surface area contributed by atoms with Crippen molar-refractivity contribution in [2.45, 2.75) is 19.9 Å². The van der Waals surface area contributed by atoms with Crippen LogP contribution >= 0.6 is 49.9 Å². The highest BCUT2D eigenvalue weighted by atomic mass is 127. The Morgan fingerprint density at radius 2 is 2.03 bits per heavy atom. The molecule has 0 radical (unpaired) electrons. The first-order valence-corrected chi connectivity index (χ1v) is 13.5. The molecular formula is C25H22BrIN2O6S. The average molecular weight is 685 g/mol. The molecule has 3 aromatic rings. The average Bonchev–Trinajstić information content (AvgIpc) is 3.15. The molecule has 1 atom stereocenters. The maximum absolute atomic E-state index is 13.8. The largest absolute Gasteiger partial charge is 0.506 e. The van der Waals surface area contributed by atoms with Crippen molar-refractivity contribution in [2.24, 2.45) is 4.99 Å². The summed E-state index contributed by atoms with van der Waals surface area (Å²) in [6, 6.07) is 7.85. The minimum Gasteiger partial charge on any atom is -0.506 e. The number of nitrogens with zero attached hydrogens (tertiary/aromatic N) is 2. The molecule has 0 saturated heterocycles. The molecule has 0 spiro atoms. The first-order chi connectivity index (χ1) is 17.2. The van der Waals surface area contributed by atoms with Gasteiger partial charge in [-0.15, -0.1) is 0 Å². The van der Waals surface area contributed by atoms with Crippen molar-refractivity contribution in [1.82, 2.24) is 4.57 Å². The van der Waals surface area contributed by atoms with Gasteiger partial charge in [-0.3, -0.25) is 9.36 Å². The number of allylic oxidation sites excluding steroid dienone is 1. The number of methoxy groups -OCH3 is 2. The van der Waals surface area contributed by atoms with E-state index in [0.717, 1.165) is 4.47 Å². The maximum atomic E-state index is 13.8. The second kappa shape index (κ2) is 10.8. The number of ether oxygens (including phenoxy) is 3. The first kappa shape index (κ1) is 26.4. The lowest BCUT2D eigenvalue weighted by molar-refractivity contribution is -0.139. The van der Waals surface area contributed by atoms with Crippen LogP contribution in [-0.2, 0) is 9.53 Å². The molecular weight excluding hydrogens is 663 g/mol. The molecule has 0 fully saturated rings. The zero-order valence-electron chi connectivity index (χ0n) is 19.8. The molecule has 0 amide bonds. The zero-order valence-corrected chi connectivity index (χ0v) is 24.4. The molecule has 8 nitrogen and oxygen atoms in total. The SMILES string of the molecule is CCOC(=O)C1=C(C)N=c2s/c(=C/c3cc(Br)cc(I)c3O)c(=O)n2[C@H]1c1cc(OC)ccc1OC. The number of hydrogen-bond donors (Lipinski definition) is 1. The Bertz CT molecular complexity index is 1580. The summed E-state index contributed by atoms with van der Waals surface area (Å²) >= 11 is 6.63. The smallest absolute Gasteiger partial charge is 0.338 e. The topological polar surface area (TPSA) is 99.4 Å². The number of halogens is 2. The fourth-order valence-electron chi connectivity index (χ4n) is 3.98. The van der Waals surface area contributed by atoms with Crippen LogP contribution in [0, 0.1) is 3.57 Å². The van der Waals surface area contributed by atoms with Crippen molar-refractivity contribution in [3.63, 3.8) is 0 Å². The van der Waals surface area contributed by atoms with Gasteiger partial charge in [0.25, 0.3) is 5.56 Å². The van der Waals surface area contributed by atoms with Crippen LogP contribution in [0.3, 0.4) is 0 Å². The summed E-state index contributed by atoms with van der Waals surface area (Å²) in [7, 11) is 3.06. The summed E-state index contributed by atoms with van der Waals surface area (Å²) < 4.78 is 19.6. The number of hydrogen-bond acceptors (Lipinski definition) is 8. The quantitative estimate of drug-likeness (QED) is 0.313. The number of esters is 1. The highest BCUT2D eigenvalue weighted by Crippen LogP contribution is 2.38. The molecule has 4 rings (SSSR count). The Hall–Kier alpha value is -2.64. The lowest BCUT2D eigenvalue weighted by Gasteiger charge is -2.26. The molecule has 0 bridgehead atoms. The fraction of sp³-hybridized carbons (Fsp3) is 0.240. The Labute approximate surface area is 232 Å². The molecule has 0 saturated carbocycles. The molecule has 11 heteroatoms. The highest BCUT2D eigenvalue weighted by molar-refractivity contribution is 14.1. The Morgan fingerprint density at radius 3 is 2.69 bits per heavy atom. The highest BCUT2D eigenvalue weighted by Gasteiger charge is 2.35. The Morgan fingerprint density at radius 1 is 1.28 bits per heavy atom. The van der Waals surface area contributed by atoms with E-state index in [1.807, 2.05) is 22.6 Å². The number of fused-ring (bicyclic) bond motifs is 1. The van der Waals surface area contributed by atoms with E-state index in [1.165, 1.54) is 30.1 Å².